The first-order valence-corrected chi connectivity index (χ1v) is 28.0. The fourth-order valence-electron chi connectivity index (χ4n) is 9.65. The van der Waals surface area contributed by atoms with Gasteiger partial charge in [-0.2, -0.15) is 0 Å². The molecule has 7 rings (SSSR count). The average molecular weight is 1330 g/mol. The van der Waals surface area contributed by atoms with Crippen molar-refractivity contribution < 1.29 is 76.4 Å². The summed E-state index contributed by atoms with van der Waals surface area (Å²) in [4.78, 5) is 136. The Bertz CT molecular complexity index is 3050. The van der Waals surface area contributed by atoms with E-state index in [-0.39, 0.29) is 123 Å². The number of imide groups is 2. The zero-order valence-electron chi connectivity index (χ0n) is 43.5. The van der Waals surface area contributed by atoms with Gasteiger partial charge in [-0.25, -0.2) is 9.59 Å². The lowest BCUT2D eigenvalue weighted by atomic mass is 9.81. The van der Waals surface area contributed by atoms with Crippen LogP contribution in [-0.2, 0) is 57.2 Å². The topological polar surface area (TPSA) is 233 Å². The molecule has 2 aliphatic heterocycles. The molecule has 18 nitrogen and oxygen atoms in total. The summed E-state index contributed by atoms with van der Waals surface area (Å²) in [7, 11) is 0. The Morgan fingerprint density at radius 1 is 0.423 bits per heavy atom. The Hall–Kier alpha value is -6.10. The lowest BCUT2D eigenvalue weighted by Gasteiger charge is -2.36. The Morgan fingerprint density at radius 2 is 0.679 bits per heavy atom. The lowest BCUT2D eigenvalue weighted by molar-refractivity contribution is -0.153. The van der Waals surface area contributed by atoms with Gasteiger partial charge in [0.25, 0.3) is 23.6 Å². The largest absolute Gasteiger partial charge is 0.463 e. The van der Waals surface area contributed by atoms with E-state index in [9.17, 15) is 47.9 Å². The number of hydrogen-bond donors (Lipinski definition) is 0. The van der Waals surface area contributed by atoms with Crippen molar-refractivity contribution in [2.24, 2.45) is 11.8 Å². The highest BCUT2D eigenvalue weighted by molar-refractivity contribution is 9.11. The second-order valence-corrected chi connectivity index (χ2v) is 23.2. The van der Waals surface area contributed by atoms with Gasteiger partial charge in [-0.3, -0.25) is 48.2 Å². The van der Waals surface area contributed by atoms with E-state index < -0.39 is 71.5 Å². The molecule has 0 aliphatic carbocycles. The number of esters is 6. The first kappa shape index (κ1) is 59.6. The van der Waals surface area contributed by atoms with Gasteiger partial charge in [-0.15, -0.1) is 0 Å². The van der Waals surface area contributed by atoms with Gasteiger partial charge < -0.3 is 28.4 Å². The molecule has 0 aromatic heterocycles. The van der Waals surface area contributed by atoms with E-state index in [0.29, 0.717) is 61.0 Å². The summed E-state index contributed by atoms with van der Waals surface area (Å²) < 4.78 is 33.0. The Labute approximate surface area is 481 Å². The summed E-state index contributed by atoms with van der Waals surface area (Å²) in [5, 5.41) is 4.14. The predicted octanol–water partition coefficient (Wildman–Crippen LogP) is 10.8. The highest BCUT2D eigenvalue weighted by atomic mass is 79.9. The Balaban J connectivity index is 1.17. The summed E-state index contributed by atoms with van der Waals surface area (Å²) in [6.07, 6.45) is -0.821. The van der Waals surface area contributed by atoms with Crippen LogP contribution in [0.1, 0.15) is 121 Å². The van der Waals surface area contributed by atoms with Crippen molar-refractivity contribution in [1.82, 2.24) is 9.80 Å². The quantitative estimate of drug-likeness (QED) is 0.0106. The molecule has 5 aromatic rings. The molecule has 0 fully saturated rings. The standard InChI is InChI=1S/C56H54Br4N2O16/c1-25(2)17-29(23-77-41(65)11-9-39(63)73-13-15-75-55(71)27(5)6)61-51(67)31-19-35(57)45-47-37(59)21-33-44-34(22-38(60)48(50(44)47)46-36(58)20-32(52(61)68)43(31)49(45)46)54(70)62(53(33)69)30(18-26(3)4)24-78-42(66)12-10-40(64)74-14-16-76-56(72)28(7)8/h19-22,25-26,29-30H,5,7,9-18,23-24H2,1-4,6,8H3. The van der Waals surface area contributed by atoms with Crippen molar-refractivity contribution in [3.63, 3.8) is 0 Å². The second kappa shape index (κ2) is 24.9. The van der Waals surface area contributed by atoms with Gasteiger partial charge in [0.2, 0.25) is 0 Å². The molecule has 0 radical (unpaired) electrons. The van der Waals surface area contributed by atoms with Gasteiger partial charge in [0.15, 0.2) is 0 Å². The van der Waals surface area contributed by atoms with Crippen LogP contribution in [0.4, 0.5) is 0 Å². The van der Waals surface area contributed by atoms with Crippen LogP contribution in [0, 0.1) is 11.8 Å². The van der Waals surface area contributed by atoms with Crippen LogP contribution in [0.2, 0.25) is 0 Å². The summed E-state index contributed by atoms with van der Waals surface area (Å²) in [5.41, 5.74) is 1.15. The van der Waals surface area contributed by atoms with Crippen molar-refractivity contribution in [3.8, 4) is 0 Å². The molecule has 5 aromatic carbocycles. The summed E-state index contributed by atoms with van der Waals surface area (Å²) in [6.45, 7) is 16.0. The van der Waals surface area contributed by atoms with Gasteiger partial charge in [0.1, 0.15) is 39.6 Å². The molecule has 78 heavy (non-hydrogen) atoms. The lowest BCUT2D eigenvalue weighted by Crippen LogP contribution is -2.50. The van der Waals surface area contributed by atoms with Crippen LogP contribution in [0.5, 0.6) is 0 Å². The maximum Gasteiger partial charge on any atom is 0.333 e. The number of carbonyl (C=O) groups is 10. The van der Waals surface area contributed by atoms with Crippen molar-refractivity contribution >= 4 is 166 Å². The van der Waals surface area contributed by atoms with Crippen LogP contribution in [-0.4, -0.2) is 121 Å². The zero-order valence-corrected chi connectivity index (χ0v) is 49.8. The first-order valence-electron chi connectivity index (χ1n) is 24.9. The molecule has 0 N–H and O–H groups in total. The maximum atomic E-state index is 14.9. The summed E-state index contributed by atoms with van der Waals surface area (Å²) in [6, 6.07) is 4.72. The SMILES string of the molecule is C=C(C)C(=O)OCCOC(=O)CCC(=O)OCC(CC(C)C)N1C(=O)c2cc(Br)c3c4c(Br)cc5c6c(cc(Br)c(c7c(Br)cc(c2c37)C1=O)c64)C(=O)N(C(COC(=O)CCC(=O)OCCOC(=O)C(=C)C)CC(C)C)C5=O. The van der Waals surface area contributed by atoms with E-state index in [2.05, 4.69) is 76.9 Å². The second-order valence-electron chi connectivity index (χ2n) is 19.8. The molecule has 0 spiro atoms. The van der Waals surface area contributed by atoms with Gasteiger partial charge >= 0.3 is 35.8 Å². The van der Waals surface area contributed by atoms with Crippen molar-refractivity contribution in [2.45, 2.75) is 92.2 Å². The van der Waals surface area contributed by atoms with Crippen LogP contribution in [0.15, 0.2) is 66.5 Å². The smallest absolute Gasteiger partial charge is 0.333 e. The first-order chi connectivity index (χ1) is 36.8. The molecule has 4 amide bonds. The molecule has 0 saturated heterocycles. The number of fused-ring (bicyclic) bond motifs is 2. The molecule has 2 heterocycles. The van der Waals surface area contributed by atoms with Gasteiger partial charge in [0.05, 0.1) is 37.8 Å². The van der Waals surface area contributed by atoms with Crippen LogP contribution in [0.3, 0.4) is 0 Å². The van der Waals surface area contributed by atoms with E-state index in [4.69, 9.17) is 28.4 Å². The number of carbonyl (C=O) groups excluding carboxylic acids is 10. The fraction of sp³-hybridized carbons (Fsp3) is 0.393. The van der Waals surface area contributed by atoms with Gasteiger partial charge in [-0.1, -0.05) is 105 Å². The van der Waals surface area contributed by atoms with Crippen LogP contribution < -0.4 is 0 Å². The molecule has 412 valence electrons. The number of rotatable bonds is 24. The molecular weight excluding hydrogens is 1280 g/mol. The zero-order chi connectivity index (χ0) is 57.2. The van der Waals surface area contributed by atoms with E-state index in [1.54, 1.807) is 24.3 Å². The minimum absolute atomic E-state index is 0.0639. The van der Waals surface area contributed by atoms with Crippen LogP contribution >= 0.6 is 63.7 Å². The van der Waals surface area contributed by atoms with Crippen LogP contribution in [0.25, 0.3) is 43.1 Å². The molecule has 2 aliphatic rings. The average Bonchev–Trinajstić information content (AvgIpc) is 2.78. The fourth-order valence-corrected chi connectivity index (χ4v) is 12.1. The third-order valence-electron chi connectivity index (χ3n) is 12.9. The number of amides is 4. The monoisotopic (exact) mass is 1330 g/mol. The highest BCUT2D eigenvalue weighted by Gasteiger charge is 2.43. The van der Waals surface area contributed by atoms with E-state index >= 15 is 0 Å². The van der Waals surface area contributed by atoms with Crippen molar-refractivity contribution in [1.29, 1.82) is 0 Å². The Morgan fingerprint density at radius 3 is 0.936 bits per heavy atom. The Kier molecular flexibility index (Phi) is 19.0. The number of hydrogen-bond acceptors (Lipinski definition) is 16. The number of nitrogens with zero attached hydrogens (tertiary/aromatic N) is 2. The molecule has 0 saturated carbocycles. The molecule has 2 atom stereocenters. The molecular formula is C56H54Br4N2O16. The highest BCUT2D eigenvalue weighted by Crippen LogP contribution is 2.54. The minimum atomic E-state index is -0.909. The predicted molar refractivity (Wildman–Crippen MR) is 300 cm³/mol. The van der Waals surface area contributed by atoms with Gasteiger partial charge in [0, 0.05) is 94.4 Å². The number of ether oxygens (including phenoxy) is 6. The normalized spacial score (nSPS) is 13.9. The summed E-state index contributed by atoms with van der Waals surface area (Å²) in [5.74, 6) is -6.86. The van der Waals surface area contributed by atoms with Crippen molar-refractivity contribution in [3.05, 3.63) is 88.7 Å². The third kappa shape index (κ3) is 12.4. The summed E-state index contributed by atoms with van der Waals surface area (Å²) >= 11 is 15.1. The van der Waals surface area contributed by atoms with E-state index in [0.717, 1.165) is 9.80 Å². The van der Waals surface area contributed by atoms with E-state index in [1.807, 2.05) is 27.7 Å². The third-order valence-corrected chi connectivity index (χ3v) is 15.4. The minimum Gasteiger partial charge on any atom is -0.463 e. The molecule has 0 bridgehead atoms. The molecule has 22 heteroatoms. The molecule has 2 unspecified atom stereocenters. The number of halogens is 4. The number of benzene rings is 5. The van der Waals surface area contributed by atoms with E-state index in [1.165, 1.54) is 13.8 Å². The van der Waals surface area contributed by atoms with Crippen molar-refractivity contribution in [2.75, 3.05) is 39.6 Å². The van der Waals surface area contributed by atoms with Gasteiger partial charge in [-0.05, 0) is 62.8 Å². The maximum absolute atomic E-state index is 14.9.